The molecule has 1 amide bonds. The monoisotopic (exact) mass is 303 g/mol. The summed E-state index contributed by atoms with van der Waals surface area (Å²) in [6.45, 7) is 5.05. The number of fused-ring (bicyclic) bond motifs is 1. The van der Waals surface area contributed by atoms with Crippen molar-refractivity contribution >= 4 is 5.91 Å². The van der Waals surface area contributed by atoms with Gasteiger partial charge in [-0.15, -0.1) is 0 Å². The van der Waals surface area contributed by atoms with Gasteiger partial charge < -0.3 is 19.5 Å². The fourth-order valence-corrected chi connectivity index (χ4v) is 3.00. The number of aliphatic hydroxyl groups excluding tert-OH is 1. The van der Waals surface area contributed by atoms with Crippen LogP contribution in [0.3, 0.4) is 0 Å². The van der Waals surface area contributed by atoms with E-state index in [2.05, 4.69) is 0 Å². The quantitative estimate of drug-likeness (QED) is 0.850. The minimum atomic E-state index is -0.566. The zero-order chi connectivity index (χ0) is 15.7. The molecule has 1 N–H and O–H groups in total. The standard InChI is InChI=1S/C17H21NO4/c1-11(2)7-17(20)18-6-5-13(14(19)9-18)12-3-4-15-16(8-12)22-10-21-15/h3-4,7-8,13-14,19H,5-6,9-10H2,1-2H3/t13-,14+/m0/s1. The van der Waals surface area contributed by atoms with E-state index in [1.54, 1.807) is 11.0 Å². The zero-order valence-electron chi connectivity index (χ0n) is 12.9. The molecule has 1 fully saturated rings. The van der Waals surface area contributed by atoms with Crippen molar-refractivity contribution in [3.63, 3.8) is 0 Å². The molecule has 0 bridgehead atoms. The Balaban J connectivity index is 1.71. The maximum atomic E-state index is 12.1. The molecule has 2 atom stereocenters. The predicted octanol–water partition coefficient (Wildman–Crippen LogP) is 2.06. The summed E-state index contributed by atoms with van der Waals surface area (Å²) in [6, 6.07) is 5.78. The summed E-state index contributed by atoms with van der Waals surface area (Å²) in [7, 11) is 0. The molecule has 2 heterocycles. The zero-order valence-corrected chi connectivity index (χ0v) is 12.9. The van der Waals surface area contributed by atoms with Crippen LogP contribution < -0.4 is 9.47 Å². The summed E-state index contributed by atoms with van der Waals surface area (Å²) in [5.74, 6) is 1.47. The number of carbonyl (C=O) groups is 1. The van der Waals surface area contributed by atoms with Gasteiger partial charge in [-0.05, 0) is 38.0 Å². The van der Waals surface area contributed by atoms with Crippen molar-refractivity contribution in [3.05, 3.63) is 35.4 Å². The van der Waals surface area contributed by atoms with Gasteiger partial charge in [-0.2, -0.15) is 0 Å². The molecule has 5 nitrogen and oxygen atoms in total. The van der Waals surface area contributed by atoms with E-state index in [0.29, 0.717) is 13.1 Å². The average Bonchev–Trinajstić information content (AvgIpc) is 2.93. The Kier molecular flexibility index (Phi) is 4.07. The number of aliphatic hydroxyl groups is 1. The number of rotatable bonds is 2. The van der Waals surface area contributed by atoms with Gasteiger partial charge in [0.1, 0.15) is 0 Å². The normalized spacial score (nSPS) is 23.3. The van der Waals surface area contributed by atoms with Gasteiger partial charge in [-0.1, -0.05) is 11.6 Å². The van der Waals surface area contributed by atoms with E-state index >= 15 is 0 Å². The van der Waals surface area contributed by atoms with Crippen LogP contribution in [0.5, 0.6) is 11.5 Å². The number of likely N-dealkylation sites (tertiary alicyclic amines) is 1. The first-order chi connectivity index (χ1) is 10.5. The lowest BCUT2D eigenvalue weighted by atomic mass is 9.87. The predicted molar refractivity (Wildman–Crippen MR) is 81.9 cm³/mol. The number of allylic oxidation sites excluding steroid dienone is 1. The van der Waals surface area contributed by atoms with Gasteiger partial charge >= 0.3 is 0 Å². The third kappa shape index (κ3) is 2.95. The molecular formula is C17H21NO4. The van der Waals surface area contributed by atoms with E-state index in [-0.39, 0.29) is 18.6 Å². The fourth-order valence-electron chi connectivity index (χ4n) is 3.00. The molecule has 118 valence electrons. The minimum Gasteiger partial charge on any atom is -0.454 e. The molecule has 22 heavy (non-hydrogen) atoms. The van der Waals surface area contributed by atoms with Gasteiger partial charge in [-0.3, -0.25) is 4.79 Å². The highest BCUT2D eigenvalue weighted by atomic mass is 16.7. The summed E-state index contributed by atoms with van der Waals surface area (Å²) < 4.78 is 10.7. The first kappa shape index (κ1) is 14.9. The maximum absolute atomic E-state index is 12.1. The van der Waals surface area contributed by atoms with E-state index in [0.717, 1.165) is 29.1 Å². The molecule has 1 saturated heterocycles. The number of hydrogen-bond donors (Lipinski definition) is 1. The van der Waals surface area contributed by atoms with E-state index in [1.165, 1.54) is 0 Å². The molecule has 2 aliphatic heterocycles. The first-order valence-corrected chi connectivity index (χ1v) is 7.56. The van der Waals surface area contributed by atoms with Crippen molar-refractivity contribution in [3.8, 4) is 11.5 Å². The van der Waals surface area contributed by atoms with Crippen LogP contribution in [-0.2, 0) is 4.79 Å². The molecule has 5 heteroatoms. The molecule has 0 saturated carbocycles. The molecule has 2 aliphatic rings. The number of amides is 1. The second-order valence-electron chi connectivity index (χ2n) is 6.08. The fraction of sp³-hybridized carbons (Fsp3) is 0.471. The smallest absolute Gasteiger partial charge is 0.246 e. The third-order valence-corrected chi connectivity index (χ3v) is 4.13. The number of β-amino-alcohol motifs (C(OH)–C–C–N with tert-alkyl or cyclic N) is 1. The Bertz CT molecular complexity index is 607. The third-order valence-electron chi connectivity index (χ3n) is 4.13. The topological polar surface area (TPSA) is 59.0 Å². The van der Waals surface area contributed by atoms with Gasteiger partial charge in [0.25, 0.3) is 0 Å². The lowest BCUT2D eigenvalue weighted by Crippen LogP contribution is -2.45. The molecule has 1 aromatic carbocycles. The largest absolute Gasteiger partial charge is 0.454 e. The molecule has 0 spiro atoms. The van der Waals surface area contributed by atoms with Crippen molar-refractivity contribution in [1.82, 2.24) is 4.90 Å². The molecule has 0 aliphatic carbocycles. The molecular weight excluding hydrogens is 282 g/mol. The summed E-state index contributed by atoms with van der Waals surface area (Å²) in [6.07, 6.45) is 1.79. The van der Waals surface area contributed by atoms with E-state index < -0.39 is 6.10 Å². The van der Waals surface area contributed by atoms with Crippen molar-refractivity contribution in [1.29, 1.82) is 0 Å². The molecule has 0 aromatic heterocycles. The number of benzene rings is 1. The Morgan fingerprint density at radius 1 is 1.32 bits per heavy atom. The van der Waals surface area contributed by atoms with Crippen LogP contribution in [0.4, 0.5) is 0 Å². The van der Waals surface area contributed by atoms with Crippen molar-refractivity contribution in [2.24, 2.45) is 0 Å². The van der Waals surface area contributed by atoms with Crippen LogP contribution in [0, 0.1) is 0 Å². The second kappa shape index (κ2) is 6.01. The lowest BCUT2D eigenvalue weighted by molar-refractivity contribution is -0.129. The van der Waals surface area contributed by atoms with Crippen LogP contribution in [0.15, 0.2) is 29.8 Å². The highest BCUT2D eigenvalue weighted by molar-refractivity contribution is 5.88. The van der Waals surface area contributed by atoms with Gasteiger partial charge in [0.15, 0.2) is 11.5 Å². The van der Waals surface area contributed by atoms with E-state index in [9.17, 15) is 9.90 Å². The maximum Gasteiger partial charge on any atom is 0.246 e. The number of ether oxygens (including phenoxy) is 2. The van der Waals surface area contributed by atoms with Gasteiger partial charge in [0, 0.05) is 25.1 Å². The van der Waals surface area contributed by atoms with E-state index in [4.69, 9.17) is 9.47 Å². The molecule has 0 unspecified atom stereocenters. The Morgan fingerprint density at radius 3 is 2.82 bits per heavy atom. The second-order valence-corrected chi connectivity index (χ2v) is 6.08. The van der Waals surface area contributed by atoms with Crippen molar-refractivity contribution < 1.29 is 19.4 Å². The summed E-state index contributed by atoms with van der Waals surface area (Å²) in [4.78, 5) is 13.8. The summed E-state index contributed by atoms with van der Waals surface area (Å²) in [5, 5.41) is 10.4. The summed E-state index contributed by atoms with van der Waals surface area (Å²) in [5.41, 5.74) is 2.00. The van der Waals surface area contributed by atoms with Gasteiger partial charge in [0.2, 0.25) is 12.7 Å². The molecule has 0 radical (unpaired) electrons. The van der Waals surface area contributed by atoms with E-state index in [1.807, 2.05) is 32.0 Å². The number of nitrogens with zero attached hydrogens (tertiary/aromatic N) is 1. The SMILES string of the molecule is CC(C)=CC(=O)N1CC[C@@H](c2ccc3c(c2)OCO3)[C@H](O)C1. The van der Waals surface area contributed by atoms with Crippen LogP contribution in [0.25, 0.3) is 0 Å². The molecule has 3 rings (SSSR count). The number of carbonyl (C=O) groups excluding carboxylic acids is 1. The highest BCUT2D eigenvalue weighted by Crippen LogP contribution is 2.37. The Hall–Kier alpha value is -2.01. The number of piperidine rings is 1. The Labute approximate surface area is 130 Å². The number of hydrogen-bond acceptors (Lipinski definition) is 4. The van der Waals surface area contributed by atoms with Crippen LogP contribution in [0.1, 0.15) is 31.7 Å². The average molecular weight is 303 g/mol. The first-order valence-electron chi connectivity index (χ1n) is 7.56. The van der Waals surface area contributed by atoms with Gasteiger partial charge in [0.05, 0.1) is 6.10 Å². The highest BCUT2D eigenvalue weighted by Gasteiger charge is 2.31. The lowest BCUT2D eigenvalue weighted by Gasteiger charge is -2.35. The van der Waals surface area contributed by atoms with Crippen molar-refractivity contribution in [2.45, 2.75) is 32.3 Å². The van der Waals surface area contributed by atoms with Crippen LogP contribution in [-0.4, -0.2) is 41.9 Å². The Morgan fingerprint density at radius 2 is 2.09 bits per heavy atom. The van der Waals surface area contributed by atoms with Crippen molar-refractivity contribution in [2.75, 3.05) is 19.9 Å². The van der Waals surface area contributed by atoms with Crippen LogP contribution >= 0.6 is 0 Å². The minimum absolute atomic E-state index is 0.0188. The summed E-state index contributed by atoms with van der Waals surface area (Å²) >= 11 is 0. The molecule has 1 aromatic rings. The van der Waals surface area contributed by atoms with Crippen LogP contribution in [0.2, 0.25) is 0 Å². The van der Waals surface area contributed by atoms with Gasteiger partial charge in [-0.25, -0.2) is 0 Å².